The van der Waals surface area contributed by atoms with Crippen LogP contribution in [0.15, 0.2) is 36.8 Å². The maximum Gasteiger partial charge on any atom is 0.164 e. The van der Waals surface area contributed by atoms with Gasteiger partial charge in [-0.05, 0) is 23.8 Å². The quantitative estimate of drug-likeness (QED) is 0.444. The Labute approximate surface area is 175 Å². The third-order valence-electron chi connectivity index (χ3n) is 4.85. The predicted molar refractivity (Wildman–Crippen MR) is 106 cm³/mol. The third kappa shape index (κ3) is 3.55. The monoisotopic (exact) mass is 440 g/mol. The van der Waals surface area contributed by atoms with Crippen molar-refractivity contribution < 1.29 is 24.9 Å². The molecule has 0 saturated carbocycles. The van der Waals surface area contributed by atoms with E-state index in [4.69, 9.17) is 32.8 Å². The van der Waals surface area contributed by atoms with Crippen LogP contribution >= 0.6 is 23.2 Å². The number of nitrogens with zero attached hydrogens (tertiary/aromatic N) is 3. The number of hydrogen-bond acceptors (Lipinski definition) is 8. The largest absolute Gasteiger partial charge is 0.387 e. The first-order valence-electron chi connectivity index (χ1n) is 8.67. The summed E-state index contributed by atoms with van der Waals surface area (Å²) in [7, 11) is 1.46. The molecular formula is C18H18Cl2N4O5. The Bertz CT molecular complexity index is 1030. The topological polar surface area (TPSA) is 122 Å². The molecule has 1 aliphatic rings. The first-order chi connectivity index (χ1) is 13.9. The molecule has 154 valence electrons. The second kappa shape index (κ2) is 8.04. The Morgan fingerprint density at radius 1 is 1.17 bits per heavy atom. The Morgan fingerprint density at radius 2 is 1.97 bits per heavy atom. The first-order valence-corrected chi connectivity index (χ1v) is 9.43. The van der Waals surface area contributed by atoms with Crippen LogP contribution in [0.3, 0.4) is 0 Å². The van der Waals surface area contributed by atoms with Crippen LogP contribution in [0.2, 0.25) is 10.0 Å². The number of anilines is 1. The van der Waals surface area contributed by atoms with Crippen molar-refractivity contribution >= 4 is 40.1 Å². The summed E-state index contributed by atoms with van der Waals surface area (Å²) in [5.41, 5.74) is 3.52. The highest BCUT2D eigenvalue weighted by Gasteiger charge is 2.47. The van der Waals surface area contributed by atoms with E-state index in [0.29, 0.717) is 27.4 Å². The molecule has 4 N–H and O–H groups in total. The molecule has 3 aromatic rings. The smallest absolute Gasteiger partial charge is 0.164 e. The van der Waals surface area contributed by atoms with Crippen molar-refractivity contribution in [2.24, 2.45) is 0 Å². The fourth-order valence-electron chi connectivity index (χ4n) is 3.42. The number of aliphatic hydroxyl groups excluding tert-OH is 3. The number of aliphatic hydroxyl groups is 3. The van der Waals surface area contributed by atoms with E-state index < -0.39 is 30.6 Å². The zero-order chi connectivity index (χ0) is 20.7. The molecule has 0 amide bonds. The highest BCUT2D eigenvalue weighted by Crippen LogP contribution is 2.38. The van der Waals surface area contributed by atoms with E-state index in [9.17, 15) is 15.3 Å². The second-order valence-corrected chi connectivity index (χ2v) is 7.39. The second-order valence-electron chi connectivity index (χ2n) is 6.58. The van der Waals surface area contributed by atoms with Gasteiger partial charge in [0.05, 0.1) is 22.5 Å². The Kier molecular flexibility index (Phi) is 5.63. The number of fused-ring (bicyclic) bond motifs is 1. The Hall–Kier alpha value is -1.98. The van der Waals surface area contributed by atoms with Crippen molar-refractivity contribution in [3.05, 3.63) is 52.4 Å². The van der Waals surface area contributed by atoms with Gasteiger partial charge in [0.1, 0.15) is 36.4 Å². The highest BCUT2D eigenvalue weighted by molar-refractivity contribution is 6.42. The van der Waals surface area contributed by atoms with Gasteiger partial charge >= 0.3 is 0 Å². The molecule has 4 rings (SSSR count). The Morgan fingerprint density at radius 3 is 2.69 bits per heavy atom. The van der Waals surface area contributed by atoms with Crippen LogP contribution in [-0.4, -0.2) is 55.3 Å². The predicted octanol–water partition coefficient (Wildman–Crippen LogP) is 2.06. The number of ether oxygens (including phenoxy) is 1. The Balaban J connectivity index is 1.64. The maximum atomic E-state index is 10.7. The average Bonchev–Trinajstić information content (AvgIpc) is 3.26. The number of rotatable bonds is 5. The molecule has 5 atom stereocenters. The molecule has 1 saturated heterocycles. The van der Waals surface area contributed by atoms with Gasteiger partial charge in [0.15, 0.2) is 12.0 Å². The van der Waals surface area contributed by atoms with Gasteiger partial charge in [0.2, 0.25) is 0 Å². The molecular weight excluding hydrogens is 423 g/mol. The van der Waals surface area contributed by atoms with Crippen molar-refractivity contribution in [2.45, 2.75) is 30.6 Å². The van der Waals surface area contributed by atoms with Crippen molar-refractivity contribution in [3.63, 3.8) is 0 Å². The molecule has 1 aromatic carbocycles. The molecule has 0 aliphatic carbocycles. The minimum Gasteiger partial charge on any atom is -0.387 e. The zero-order valence-corrected chi connectivity index (χ0v) is 16.6. The lowest BCUT2D eigenvalue weighted by molar-refractivity contribution is -0.0848. The van der Waals surface area contributed by atoms with Crippen LogP contribution in [-0.2, 0) is 9.57 Å². The standard InChI is InChI=1S/C18H18Cl2N4O5/c1-28-23-16-9-4-5-24(17(9)22-7-21-16)18-14(27)13(26)15(29-18)12(25)8-2-3-10(19)11(20)6-8/h2-7,12-15,18,25-27H,1H3,(H,21,22,23)/t12?,13-,14+,15+,18+/m0/s1. The summed E-state index contributed by atoms with van der Waals surface area (Å²) in [6.07, 6.45) is -2.98. The lowest BCUT2D eigenvalue weighted by atomic mass is 9.99. The van der Waals surface area contributed by atoms with Gasteiger partial charge < -0.3 is 24.6 Å². The van der Waals surface area contributed by atoms with E-state index in [2.05, 4.69) is 15.4 Å². The van der Waals surface area contributed by atoms with Crippen LogP contribution in [0.1, 0.15) is 17.9 Å². The normalized spacial score (nSPS) is 25.4. The minimum atomic E-state index is -1.35. The van der Waals surface area contributed by atoms with E-state index in [-0.39, 0.29) is 5.02 Å². The average molecular weight is 441 g/mol. The van der Waals surface area contributed by atoms with Crippen LogP contribution in [0.4, 0.5) is 5.82 Å². The van der Waals surface area contributed by atoms with E-state index in [1.807, 2.05) is 0 Å². The summed E-state index contributed by atoms with van der Waals surface area (Å²) in [4.78, 5) is 13.2. The van der Waals surface area contributed by atoms with Crippen LogP contribution in [0.5, 0.6) is 0 Å². The van der Waals surface area contributed by atoms with Gasteiger partial charge in [0.25, 0.3) is 0 Å². The number of hydrogen-bond donors (Lipinski definition) is 4. The molecule has 9 nitrogen and oxygen atoms in total. The molecule has 29 heavy (non-hydrogen) atoms. The molecule has 11 heteroatoms. The van der Waals surface area contributed by atoms with Gasteiger partial charge in [-0.3, -0.25) is 4.84 Å². The summed E-state index contributed by atoms with van der Waals surface area (Å²) in [5.74, 6) is 0.441. The van der Waals surface area contributed by atoms with Crippen molar-refractivity contribution in [3.8, 4) is 0 Å². The summed E-state index contributed by atoms with van der Waals surface area (Å²) in [5, 5.41) is 33.1. The molecule has 2 aromatic heterocycles. The lowest BCUT2D eigenvalue weighted by Gasteiger charge is -2.21. The summed E-state index contributed by atoms with van der Waals surface area (Å²) in [6.45, 7) is 0. The fourth-order valence-corrected chi connectivity index (χ4v) is 3.72. The number of nitrogens with one attached hydrogen (secondary N) is 1. The number of aromatic nitrogens is 3. The van der Waals surface area contributed by atoms with Crippen molar-refractivity contribution in [1.82, 2.24) is 14.5 Å². The van der Waals surface area contributed by atoms with Gasteiger partial charge in [0, 0.05) is 6.20 Å². The van der Waals surface area contributed by atoms with Gasteiger partial charge in [-0.15, -0.1) is 0 Å². The van der Waals surface area contributed by atoms with E-state index in [1.165, 1.54) is 19.5 Å². The zero-order valence-electron chi connectivity index (χ0n) is 15.1. The molecule has 0 spiro atoms. The highest BCUT2D eigenvalue weighted by atomic mass is 35.5. The van der Waals surface area contributed by atoms with Crippen LogP contribution in [0.25, 0.3) is 11.0 Å². The molecule has 1 unspecified atom stereocenters. The van der Waals surface area contributed by atoms with Crippen molar-refractivity contribution in [2.75, 3.05) is 12.6 Å². The van der Waals surface area contributed by atoms with E-state index >= 15 is 0 Å². The number of benzene rings is 1. The first kappa shape index (κ1) is 20.3. The third-order valence-corrected chi connectivity index (χ3v) is 5.59. The van der Waals surface area contributed by atoms with Gasteiger partial charge in [-0.25, -0.2) is 15.4 Å². The maximum absolute atomic E-state index is 10.7. The fraction of sp³-hybridized carbons (Fsp3) is 0.333. The van der Waals surface area contributed by atoms with Gasteiger partial charge in [-0.2, -0.15) is 0 Å². The van der Waals surface area contributed by atoms with Crippen molar-refractivity contribution in [1.29, 1.82) is 0 Å². The summed E-state index contributed by atoms with van der Waals surface area (Å²) in [6, 6.07) is 6.33. The SMILES string of the molecule is CONc1ncnc2c1ccn2[C@@H]1O[C@H](C(O)c2ccc(Cl)c(Cl)c2)[C@@H](O)[C@H]1O. The lowest BCUT2D eigenvalue weighted by Crippen LogP contribution is -2.34. The van der Waals surface area contributed by atoms with E-state index in [0.717, 1.165) is 0 Å². The van der Waals surface area contributed by atoms with Crippen LogP contribution < -0.4 is 5.48 Å². The number of halogens is 2. The minimum absolute atomic E-state index is 0.263. The summed E-state index contributed by atoms with van der Waals surface area (Å²) < 4.78 is 7.41. The molecule has 3 heterocycles. The summed E-state index contributed by atoms with van der Waals surface area (Å²) >= 11 is 11.9. The molecule has 1 fully saturated rings. The molecule has 0 radical (unpaired) electrons. The molecule has 1 aliphatic heterocycles. The van der Waals surface area contributed by atoms with E-state index in [1.54, 1.807) is 29.0 Å². The van der Waals surface area contributed by atoms with Gasteiger partial charge in [-0.1, -0.05) is 29.3 Å². The molecule has 0 bridgehead atoms. The van der Waals surface area contributed by atoms with Crippen LogP contribution in [0, 0.1) is 0 Å².